The van der Waals surface area contributed by atoms with Gasteiger partial charge in [0.1, 0.15) is 5.75 Å². The Morgan fingerprint density at radius 2 is 1.62 bits per heavy atom. The van der Waals surface area contributed by atoms with E-state index in [9.17, 15) is 9.90 Å². The van der Waals surface area contributed by atoms with Gasteiger partial charge in [-0.1, -0.05) is 76.6 Å². The molecule has 0 bridgehead atoms. The summed E-state index contributed by atoms with van der Waals surface area (Å²) >= 11 is 3.45. The highest BCUT2D eigenvalue weighted by molar-refractivity contribution is 9.10. The molecule has 0 fully saturated rings. The predicted molar refractivity (Wildman–Crippen MR) is 107 cm³/mol. The summed E-state index contributed by atoms with van der Waals surface area (Å²) in [7, 11) is 0. The van der Waals surface area contributed by atoms with Crippen LogP contribution in [0.2, 0.25) is 0 Å². The summed E-state index contributed by atoms with van der Waals surface area (Å²) in [6, 6.07) is 24.9. The minimum absolute atomic E-state index is 0.0536. The van der Waals surface area contributed by atoms with E-state index in [1.807, 2.05) is 66.7 Å². The molecule has 3 rings (SSSR count). The van der Waals surface area contributed by atoms with Crippen LogP contribution >= 0.6 is 15.9 Å². The predicted octanol–water partition coefficient (Wildman–Crippen LogP) is 4.99. The Labute approximate surface area is 161 Å². The van der Waals surface area contributed by atoms with Crippen LogP contribution in [0, 0.1) is 0 Å². The van der Waals surface area contributed by atoms with Crippen molar-refractivity contribution in [3.63, 3.8) is 0 Å². The minimum atomic E-state index is -0.218. The van der Waals surface area contributed by atoms with Crippen LogP contribution in [0.5, 0.6) is 5.75 Å². The number of amides is 1. The number of benzene rings is 3. The molecule has 3 nitrogen and oxygen atoms in total. The first kappa shape index (κ1) is 18.2. The van der Waals surface area contributed by atoms with Gasteiger partial charge in [0.25, 0.3) is 0 Å². The highest BCUT2D eigenvalue weighted by Crippen LogP contribution is 2.35. The van der Waals surface area contributed by atoms with Crippen molar-refractivity contribution < 1.29 is 9.90 Å². The van der Waals surface area contributed by atoms with E-state index in [0.717, 1.165) is 21.2 Å². The fourth-order valence-electron chi connectivity index (χ4n) is 2.95. The lowest BCUT2D eigenvalue weighted by atomic mass is 9.87. The van der Waals surface area contributed by atoms with Gasteiger partial charge < -0.3 is 10.4 Å². The Morgan fingerprint density at radius 3 is 2.31 bits per heavy atom. The molecule has 4 heteroatoms. The van der Waals surface area contributed by atoms with E-state index in [4.69, 9.17) is 0 Å². The van der Waals surface area contributed by atoms with Crippen molar-refractivity contribution in [1.82, 2.24) is 5.32 Å². The zero-order valence-corrected chi connectivity index (χ0v) is 15.8. The second kappa shape index (κ2) is 8.68. The van der Waals surface area contributed by atoms with Crippen molar-refractivity contribution in [3.05, 3.63) is 100 Å². The molecule has 132 valence electrons. The summed E-state index contributed by atoms with van der Waals surface area (Å²) in [4.78, 5) is 12.6. The first-order valence-corrected chi connectivity index (χ1v) is 9.27. The summed E-state index contributed by atoms with van der Waals surface area (Å²) in [5, 5.41) is 13.3. The molecular weight excluding hydrogens is 390 g/mol. The van der Waals surface area contributed by atoms with E-state index in [1.54, 1.807) is 12.1 Å². The number of rotatable bonds is 6. The van der Waals surface area contributed by atoms with Gasteiger partial charge in [0.05, 0.1) is 0 Å². The lowest BCUT2D eigenvalue weighted by Gasteiger charge is -2.19. The zero-order chi connectivity index (χ0) is 18.4. The molecule has 0 unspecified atom stereocenters. The van der Waals surface area contributed by atoms with Crippen molar-refractivity contribution in [3.8, 4) is 5.75 Å². The SMILES string of the molecule is O=C(C[C@@H](c1ccccc1)c1cc(Br)ccc1O)NCc1ccccc1. The molecule has 0 spiro atoms. The Morgan fingerprint density at radius 1 is 0.962 bits per heavy atom. The number of halogens is 1. The van der Waals surface area contributed by atoms with Crippen LogP contribution in [0.1, 0.15) is 29.0 Å². The van der Waals surface area contributed by atoms with E-state index < -0.39 is 0 Å². The van der Waals surface area contributed by atoms with Gasteiger partial charge in [0.15, 0.2) is 0 Å². The lowest BCUT2D eigenvalue weighted by Crippen LogP contribution is -2.25. The van der Waals surface area contributed by atoms with Crippen LogP contribution < -0.4 is 5.32 Å². The van der Waals surface area contributed by atoms with Crippen LogP contribution in [-0.4, -0.2) is 11.0 Å². The topological polar surface area (TPSA) is 49.3 Å². The molecule has 0 aliphatic carbocycles. The number of aromatic hydroxyl groups is 1. The standard InChI is InChI=1S/C22H20BrNO2/c23-18-11-12-21(25)20(13-18)19(17-9-5-2-6-10-17)14-22(26)24-15-16-7-3-1-4-8-16/h1-13,19,25H,14-15H2,(H,24,26)/t19-/m0/s1. The zero-order valence-electron chi connectivity index (χ0n) is 14.2. The van der Waals surface area contributed by atoms with E-state index in [-0.39, 0.29) is 24.0 Å². The molecule has 0 aromatic heterocycles. The second-order valence-electron chi connectivity index (χ2n) is 6.13. The van der Waals surface area contributed by atoms with E-state index in [1.165, 1.54) is 0 Å². The maximum Gasteiger partial charge on any atom is 0.221 e. The number of hydrogen-bond donors (Lipinski definition) is 2. The third kappa shape index (κ3) is 4.73. The number of carbonyl (C=O) groups excluding carboxylic acids is 1. The molecule has 3 aromatic carbocycles. The molecule has 1 atom stereocenters. The summed E-state index contributed by atoms with van der Waals surface area (Å²) in [5.74, 6) is -0.0792. The van der Waals surface area contributed by atoms with Crippen molar-refractivity contribution in [2.45, 2.75) is 18.9 Å². The largest absolute Gasteiger partial charge is 0.508 e. The Bertz CT molecular complexity index is 866. The molecule has 26 heavy (non-hydrogen) atoms. The number of carbonyl (C=O) groups is 1. The third-order valence-corrected chi connectivity index (χ3v) is 4.78. The maximum atomic E-state index is 12.6. The summed E-state index contributed by atoms with van der Waals surface area (Å²) in [6.45, 7) is 0.492. The first-order valence-electron chi connectivity index (χ1n) is 8.47. The maximum absolute atomic E-state index is 12.6. The van der Waals surface area contributed by atoms with Gasteiger partial charge in [-0.3, -0.25) is 4.79 Å². The number of nitrogens with one attached hydrogen (secondary N) is 1. The normalized spacial score (nSPS) is 11.7. The van der Waals surface area contributed by atoms with E-state index in [2.05, 4.69) is 21.2 Å². The minimum Gasteiger partial charge on any atom is -0.508 e. The van der Waals surface area contributed by atoms with Gasteiger partial charge in [-0.05, 0) is 29.3 Å². The van der Waals surface area contributed by atoms with Crippen molar-refractivity contribution in [2.24, 2.45) is 0 Å². The molecule has 2 N–H and O–H groups in total. The number of phenols is 1. The van der Waals surface area contributed by atoms with Gasteiger partial charge in [0, 0.05) is 28.9 Å². The molecule has 0 aliphatic rings. The van der Waals surface area contributed by atoms with Gasteiger partial charge in [-0.25, -0.2) is 0 Å². The summed E-state index contributed by atoms with van der Waals surface area (Å²) < 4.78 is 0.871. The first-order chi connectivity index (χ1) is 12.6. The van der Waals surface area contributed by atoms with Crippen LogP contribution in [0.3, 0.4) is 0 Å². The number of phenolic OH excluding ortho intramolecular Hbond substituents is 1. The molecule has 1 amide bonds. The second-order valence-corrected chi connectivity index (χ2v) is 7.05. The summed E-state index contributed by atoms with van der Waals surface area (Å²) in [6.07, 6.45) is 0.265. The molecule has 0 saturated carbocycles. The quantitative estimate of drug-likeness (QED) is 0.601. The molecular formula is C22H20BrNO2. The molecule has 0 aliphatic heterocycles. The average molecular weight is 410 g/mol. The molecule has 0 heterocycles. The van der Waals surface area contributed by atoms with Gasteiger partial charge >= 0.3 is 0 Å². The van der Waals surface area contributed by atoms with E-state index >= 15 is 0 Å². The smallest absolute Gasteiger partial charge is 0.221 e. The Balaban J connectivity index is 1.80. The van der Waals surface area contributed by atoms with Crippen molar-refractivity contribution in [1.29, 1.82) is 0 Å². The molecule has 3 aromatic rings. The highest BCUT2D eigenvalue weighted by atomic mass is 79.9. The molecule has 0 radical (unpaired) electrons. The van der Waals surface area contributed by atoms with Crippen LogP contribution in [0.4, 0.5) is 0 Å². The van der Waals surface area contributed by atoms with Gasteiger partial charge in [-0.15, -0.1) is 0 Å². The van der Waals surface area contributed by atoms with Crippen LogP contribution in [-0.2, 0) is 11.3 Å². The third-order valence-electron chi connectivity index (χ3n) is 4.29. The van der Waals surface area contributed by atoms with Gasteiger partial charge in [0.2, 0.25) is 5.91 Å². The fraction of sp³-hybridized carbons (Fsp3) is 0.136. The van der Waals surface area contributed by atoms with Crippen molar-refractivity contribution >= 4 is 21.8 Å². The summed E-state index contributed by atoms with van der Waals surface area (Å²) in [5.41, 5.74) is 2.79. The molecule has 0 saturated heterocycles. The monoisotopic (exact) mass is 409 g/mol. The Kier molecular flexibility index (Phi) is 6.08. The average Bonchev–Trinajstić information content (AvgIpc) is 2.68. The van der Waals surface area contributed by atoms with Gasteiger partial charge in [-0.2, -0.15) is 0 Å². The van der Waals surface area contributed by atoms with Crippen LogP contribution in [0.15, 0.2) is 83.3 Å². The number of hydrogen-bond acceptors (Lipinski definition) is 2. The lowest BCUT2D eigenvalue weighted by molar-refractivity contribution is -0.121. The fourth-order valence-corrected chi connectivity index (χ4v) is 3.33. The Hall–Kier alpha value is -2.59. The van der Waals surface area contributed by atoms with Crippen LogP contribution in [0.25, 0.3) is 0 Å². The van der Waals surface area contributed by atoms with Crippen molar-refractivity contribution in [2.75, 3.05) is 0 Å². The highest BCUT2D eigenvalue weighted by Gasteiger charge is 2.21. The van der Waals surface area contributed by atoms with E-state index in [0.29, 0.717) is 6.54 Å².